The summed E-state index contributed by atoms with van der Waals surface area (Å²) in [5.74, 6) is 0. The molecule has 29 heavy (non-hydrogen) atoms. The number of carbonyl (C=O) groups is 1. The molecule has 1 aliphatic heterocycles. The van der Waals surface area contributed by atoms with Gasteiger partial charge >= 0.3 is 6.03 Å². The van der Waals surface area contributed by atoms with Crippen molar-refractivity contribution in [2.24, 2.45) is 0 Å². The maximum Gasteiger partial charge on any atom is 0.321 e. The number of urea groups is 1. The van der Waals surface area contributed by atoms with E-state index in [-0.39, 0.29) is 10.9 Å². The van der Waals surface area contributed by atoms with Crippen LogP contribution in [-0.4, -0.2) is 63.5 Å². The van der Waals surface area contributed by atoms with E-state index >= 15 is 0 Å². The van der Waals surface area contributed by atoms with E-state index in [4.69, 9.17) is 4.74 Å². The average molecular weight is 418 g/mol. The molecule has 0 aliphatic carbocycles. The van der Waals surface area contributed by atoms with Gasteiger partial charge in [0.1, 0.15) is 0 Å². The summed E-state index contributed by atoms with van der Waals surface area (Å²) >= 11 is 0. The summed E-state index contributed by atoms with van der Waals surface area (Å²) < 4.78 is 32.2. The van der Waals surface area contributed by atoms with E-state index in [0.717, 1.165) is 12.8 Å². The maximum absolute atomic E-state index is 12.8. The zero-order valence-electron chi connectivity index (χ0n) is 16.6. The van der Waals surface area contributed by atoms with Crippen molar-refractivity contribution < 1.29 is 17.9 Å². The summed E-state index contributed by atoms with van der Waals surface area (Å²) in [6.45, 7) is 2.06. The summed E-state index contributed by atoms with van der Waals surface area (Å²) in [6.07, 6.45) is 1.74. The topological polar surface area (TPSA) is 79.0 Å². The zero-order chi connectivity index (χ0) is 20.7. The van der Waals surface area contributed by atoms with Crippen LogP contribution in [0.15, 0.2) is 59.5 Å². The maximum atomic E-state index is 12.8. The monoisotopic (exact) mass is 417 g/mol. The van der Waals surface area contributed by atoms with E-state index < -0.39 is 10.0 Å². The Kier molecular flexibility index (Phi) is 7.24. The molecule has 8 heteroatoms. The first-order chi connectivity index (χ1) is 14.0. The van der Waals surface area contributed by atoms with Gasteiger partial charge in [-0.1, -0.05) is 36.4 Å². The van der Waals surface area contributed by atoms with Crippen molar-refractivity contribution in [1.82, 2.24) is 9.21 Å². The highest BCUT2D eigenvalue weighted by molar-refractivity contribution is 7.89. The molecule has 0 spiro atoms. The van der Waals surface area contributed by atoms with Gasteiger partial charge in [0.15, 0.2) is 0 Å². The molecular formula is C21H27N3O4S. The van der Waals surface area contributed by atoms with Crippen molar-refractivity contribution in [2.45, 2.75) is 17.7 Å². The molecule has 1 aliphatic rings. The smallest absolute Gasteiger partial charge is 0.321 e. The molecule has 1 heterocycles. The van der Waals surface area contributed by atoms with E-state index in [1.54, 1.807) is 30.1 Å². The molecule has 0 atom stereocenters. The standard InChI is InChI=1S/C21H27N3O4S/c1-23(12-6-9-18-7-3-2-4-8-18)21(25)22-19-10-5-11-20(17-19)29(26,27)24-13-15-28-16-14-24/h2-5,7-8,10-11,17H,6,9,12-16H2,1H3,(H,22,25). The van der Waals surface area contributed by atoms with Gasteiger partial charge in [0.2, 0.25) is 10.0 Å². The average Bonchev–Trinajstić information content (AvgIpc) is 2.75. The van der Waals surface area contributed by atoms with E-state index in [1.807, 2.05) is 18.2 Å². The highest BCUT2D eigenvalue weighted by Crippen LogP contribution is 2.20. The highest BCUT2D eigenvalue weighted by Gasteiger charge is 2.26. The molecule has 3 rings (SSSR count). The van der Waals surface area contributed by atoms with Crippen molar-refractivity contribution in [1.29, 1.82) is 0 Å². The molecule has 0 bridgehead atoms. The van der Waals surface area contributed by atoms with E-state index in [0.29, 0.717) is 38.5 Å². The van der Waals surface area contributed by atoms with Gasteiger partial charge in [-0.25, -0.2) is 13.2 Å². The molecular weight excluding hydrogens is 390 g/mol. The van der Waals surface area contributed by atoms with Crippen LogP contribution in [0.2, 0.25) is 0 Å². The Balaban J connectivity index is 1.56. The minimum absolute atomic E-state index is 0.170. The zero-order valence-corrected chi connectivity index (χ0v) is 17.4. The van der Waals surface area contributed by atoms with Crippen molar-refractivity contribution in [2.75, 3.05) is 45.2 Å². The second kappa shape index (κ2) is 9.87. The summed E-state index contributed by atoms with van der Waals surface area (Å²) in [5.41, 5.74) is 1.70. The van der Waals surface area contributed by atoms with Crippen molar-refractivity contribution in [3.8, 4) is 0 Å². The summed E-state index contributed by atoms with van der Waals surface area (Å²) in [7, 11) is -1.87. The third-order valence-electron chi connectivity index (χ3n) is 4.84. The van der Waals surface area contributed by atoms with Crippen molar-refractivity contribution >= 4 is 21.7 Å². The lowest BCUT2D eigenvalue weighted by molar-refractivity contribution is 0.0730. The Bertz CT molecular complexity index is 913. The highest BCUT2D eigenvalue weighted by atomic mass is 32.2. The Morgan fingerprint density at radius 3 is 2.55 bits per heavy atom. The third-order valence-corrected chi connectivity index (χ3v) is 6.74. The lowest BCUT2D eigenvalue weighted by Crippen LogP contribution is -2.40. The molecule has 0 aromatic heterocycles. The van der Waals surface area contributed by atoms with E-state index in [1.165, 1.54) is 15.9 Å². The fourth-order valence-corrected chi connectivity index (χ4v) is 4.61. The first-order valence-corrected chi connectivity index (χ1v) is 11.1. The second-order valence-corrected chi connectivity index (χ2v) is 8.92. The molecule has 1 fully saturated rings. The Morgan fingerprint density at radius 1 is 1.10 bits per heavy atom. The summed E-state index contributed by atoms with van der Waals surface area (Å²) in [4.78, 5) is 14.2. The molecule has 1 N–H and O–H groups in total. The number of anilines is 1. The number of morpholine rings is 1. The first-order valence-electron chi connectivity index (χ1n) is 9.71. The number of rotatable bonds is 7. The van der Waals surface area contributed by atoms with Crippen molar-refractivity contribution in [3.63, 3.8) is 0 Å². The molecule has 0 unspecified atom stereocenters. The van der Waals surface area contributed by atoms with Crippen LogP contribution in [0.3, 0.4) is 0 Å². The number of sulfonamides is 1. The molecule has 2 aromatic rings. The predicted octanol–water partition coefficient (Wildman–Crippen LogP) is 2.80. The van der Waals surface area contributed by atoms with E-state index in [2.05, 4.69) is 17.4 Å². The number of nitrogens with one attached hydrogen (secondary N) is 1. The fraction of sp³-hybridized carbons (Fsp3) is 0.381. The number of ether oxygens (including phenoxy) is 1. The van der Waals surface area contributed by atoms with Gasteiger partial charge in [0.25, 0.3) is 0 Å². The van der Waals surface area contributed by atoms with Crippen LogP contribution in [0.4, 0.5) is 10.5 Å². The molecule has 0 saturated carbocycles. The number of carbonyl (C=O) groups excluding carboxylic acids is 1. The van der Waals surface area contributed by atoms with Gasteiger partial charge in [-0.05, 0) is 36.6 Å². The molecule has 2 amide bonds. The van der Waals surface area contributed by atoms with Gasteiger partial charge in [-0.3, -0.25) is 0 Å². The van der Waals surface area contributed by atoms with Crippen LogP contribution in [0.5, 0.6) is 0 Å². The lowest BCUT2D eigenvalue weighted by atomic mass is 10.1. The molecule has 0 radical (unpaired) electrons. The number of hydrogen-bond acceptors (Lipinski definition) is 4. The van der Waals surface area contributed by atoms with Crippen LogP contribution in [-0.2, 0) is 21.2 Å². The predicted molar refractivity (Wildman–Crippen MR) is 112 cm³/mol. The number of aryl methyl sites for hydroxylation is 1. The quantitative estimate of drug-likeness (QED) is 0.751. The first kappa shape index (κ1) is 21.3. The normalized spacial score (nSPS) is 15.1. The fourth-order valence-electron chi connectivity index (χ4n) is 3.16. The number of amides is 2. The Labute approximate surface area is 172 Å². The number of benzene rings is 2. The lowest BCUT2D eigenvalue weighted by Gasteiger charge is -2.26. The van der Waals surface area contributed by atoms with Gasteiger partial charge in [0.05, 0.1) is 18.1 Å². The second-order valence-electron chi connectivity index (χ2n) is 6.99. The van der Waals surface area contributed by atoms with Gasteiger partial charge in [-0.15, -0.1) is 0 Å². The van der Waals surface area contributed by atoms with Gasteiger partial charge in [0, 0.05) is 32.4 Å². The number of nitrogens with zero attached hydrogens (tertiary/aromatic N) is 2. The summed E-state index contributed by atoms with van der Waals surface area (Å²) in [6, 6.07) is 16.2. The van der Waals surface area contributed by atoms with Crippen LogP contribution in [0.25, 0.3) is 0 Å². The minimum Gasteiger partial charge on any atom is -0.379 e. The molecule has 2 aromatic carbocycles. The SMILES string of the molecule is CN(CCCc1ccccc1)C(=O)Nc1cccc(S(=O)(=O)N2CCOCC2)c1. The van der Waals surface area contributed by atoms with Gasteiger partial charge < -0.3 is 15.0 Å². The Hall–Kier alpha value is -2.42. The van der Waals surface area contributed by atoms with Crippen LogP contribution in [0, 0.1) is 0 Å². The molecule has 1 saturated heterocycles. The van der Waals surface area contributed by atoms with Gasteiger partial charge in [-0.2, -0.15) is 4.31 Å². The van der Waals surface area contributed by atoms with Crippen LogP contribution < -0.4 is 5.32 Å². The third kappa shape index (κ3) is 5.79. The van der Waals surface area contributed by atoms with Crippen LogP contribution >= 0.6 is 0 Å². The van der Waals surface area contributed by atoms with Crippen LogP contribution in [0.1, 0.15) is 12.0 Å². The number of hydrogen-bond donors (Lipinski definition) is 1. The minimum atomic E-state index is -3.60. The summed E-state index contributed by atoms with van der Waals surface area (Å²) in [5, 5.41) is 2.79. The largest absolute Gasteiger partial charge is 0.379 e. The van der Waals surface area contributed by atoms with Crippen molar-refractivity contribution in [3.05, 3.63) is 60.2 Å². The van der Waals surface area contributed by atoms with E-state index in [9.17, 15) is 13.2 Å². The molecule has 156 valence electrons. The molecule has 7 nitrogen and oxygen atoms in total. The Morgan fingerprint density at radius 2 is 1.83 bits per heavy atom.